The highest BCUT2D eigenvalue weighted by molar-refractivity contribution is 9.10. The van der Waals surface area contributed by atoms with Crippen LogP contribution in [0.3, 0.4) is 0 Å². The number of piperidine rings is 1. The van der Waals surface area contributed by atoms with Crippen LogP contribution >= 0.6 is 15.9 Å². The first-order chi connectivity index (χ1) is 9.93. The fourth-order valence-electron chi connectivity index (χ4n) is 3.06. The average Bonchev–Trinajstić information content (AvgIpc) is 2.43. The van der Waals surface area contributed by atoms with Gasteiger partial charge >= 0.3 is 0 Å². The minimum atomic E-state index is -0.581. The molecule has 2 N–H and O–H groups in total. The number of halogens is 1. The molecule has 1 aliphatic heterocycles. The summed E-state index contributed by atoms with van der Waals surface area (Å²) in [4.78, 5) is 2.33. The fourth-order valence-corrected chi connectivity index (χ4v) is 3.44. The molecule has 0 radical (unpaired) electrons. The van der Waals surface area contributed by atoms with Crippen molar-refractivity contribution >= 4 is 21.6 Å². The Kier molecular flexibility index (Phi) is 5.69. The van der Waals surface area contributed by atoms with Gasteiger partial charge in [0.15, 0.2) is 0 Å². The highest BCUT2D eigenvalue weighted by Crippen LogP contribution is 2.33. The van der Waals surface area contributed by atoms with E-state index in [1.54, 1.807) is 0 Å². The van der Waals surface area contributed by atoms with Crippen molar-refractivity contribution in [1.29, 1.82) is 0 Å². The third-order valence-corrected chi connectivity index (χ3v) is 4.67. The van der Waals surface area contributed by atoms with Crippen molar-refractivity contribution in [2.75, 3.05) is 24.5 Å². The highest BCUT2D eigenvalue weighted by atomic mass is 79.9. The van der Waals surface area contributed by atoms with Crippen LogP contribution in [0, 0.1) is 0 Å². The Morgan fingerprint density at radius 2 is 2.24 bits per heavy atom. The minimum absolute atomic E-state index is 0.310. The molecular weight excluding hydrogens is 328 g/mol. The largest absolute Gasteiger partial charge is 0.388 e. The molecule has 0 saturated carbocycles. The summed E-state index contributed by atoms with van der Waals surface area (Å²) in [5.41, 5.74) is 1.97. The van der Waals surface area contributed by atoms with Crippen LogP contribution in [0.25, 0.3) is 0 Å². The number of hydrogen-bond donors (Lipinski definition) is 2. The number of nitrogens with zero attached hydrogens (tertiary/aromatic N) is 1. The van der Waals surface area contributed by atoms with Crippen molar-refractivity contribution < 1.29 is 5.11 Å². The molecule has 0 amide bonds. The first-order valence-corrected chi connectivity index (χ1v) is 8.72. The Morgan fingerprint density at radius 1 is 1.48 bits per heavy atom. The molecule has 118 valence electrons. The maximum absolute atomic E-state index is 10.4. The van der Waals surface area contributed by atoms with Crippen molar-refractivity contribution in [2.24, 2.45) is 0 Å². The van der Waals surface area contributed by atoms with Crippen LogP contribution in [0.4, 0.5) is 5.69 Å². The molecule has 1 saturated heterocycles. The van der Waals surface area contributed by atoms with Gasteiger partial charge in [0.1, 0.15) is 0 Å². The van der Waals surface area contributed by atoms with Crippen LogP contribution in [0.2, 0.25) is 0 Å². The molecule has 0 aliphatic carbocycles. The SMILES string of the molecule is CCCNC(C)c1cc(Br)ccc1N1CCCC(C)(O)C1. The predicted octanol–water partition coefficient (Wildman–Crippen LogP) is 3.86. The van der Waals surface area contributed by atoms with Gasteiger partial charge in [-0.2, -0.15) is 0 Å². The summed E-state index contributed by atoms with van der Waals surface area (Å²) in [6.07, 6.45) is 3.06. The van der Waals surface area contributed by atoms with E-state index in [-0.39, 0.29) is 0 Å². The van der Waals surface area contributed by atoms with E-state index in [4.69, 9.17) is 0 Å². The van der Waals surface area contributed by atoms with Crippen molar-refractivity contribution in [3.05, 3.63) is 28.2 Å². The van der Waals surface area contributed by atoms with Crippen molar-refractivity contribution in [1.82, 2.24) is 5.32 Å². The lowest BCUT2D eigenvalue weighted by Crippen LogP contribution is -2.46. The molecule has 2 unspecified atom stereocenters. The molecule has 0 spiro atoms. The average molecular weight is 355 g/mol. The highest BCUT2D eigenvalue weighted by Gasteiger charge is 2.29. The second-order valence-electron chi connectivity index (χ2n) is 6.40. The summed E-state index contributed by atoms with van der Waals surface area (Å²) in [5.74, 6) is 0. The van der Waals surface area contributed by atoms with Gasteiger partial charge in [-0.1, -0.05) is 22.9 Å². The van der Waals surface area contributed by atoms with Gasteiger partial charge in [0.05, 0.1) is 5.60 Å². The van der Waals surface area contributed by atoms with Crippen LogP contribution in [-0.4, -0.2) is 30.3 Å². The van der Waals surface area contributed by atoms with E-state index in [0.29, 0.717) is 12.6 Å². The first-order valence-electron chi connectivity index (χ1n) is 7.93. The number of anilines is 1. The van der Waals surface area contributed by atoms with E-state index in [1.165, 1.54) is 11.3 Å². The molecule has 2 rings (SSSR count). The van der Waals surface area contributed by atoms with Gasteiger partial charge in [-0.3, -0.25) is 0 Å². The quantitative estimate of drug-likeness (QED) is 0.842. The van der Waals surface area contributed by atoms with Gasteiger partial charge in [0, 0.05) is 29.3 Å². The summed E-state index contributed by atoms with van der Waals surface area (Å²) in [5, 5.41) is 13.9. The number of β-amino-alcohol motifs (C(OH)–C–C–N with tert-alkyl or cyclic N) is 1. The zero-order chi connectivity index (χ0) is 15.5. The molecule has 3 nitrogen and oxygen atoms in total. The van der Waals surface area contributed by atoms with E-state index in [9.17, 15) is 5.11 Å². The van der Waals surface area contributed by atoms with Gasteiger partial charge in [0.2, 0.25) is 0 Å². The molecule has 1 aliphatic rings. The standard InChI is InChI=1S/C17H27BrN2O/c1-4-9-19-13(2)15-11-14(18)6-7-16(15)20-10-5-8-17(3,21)12-20/h6-7,11,13,19,21H,4-5,8-10,12H2,1-3H3. The fraction of sp³-hybridized carbons (Fsp3) is 0.647. The van der Waals surface area contributed by atoms with E-state index in [1.807, 2.05) is 6.92 Å². The van der Waals surface area contributed by atoms with Crippen LogP contribution in [0.1, 0.15) is 51.6 Å². The topological polar surface area (TPSA) is 35.5 Å². The molecule has 0 aromatic heterocycles. The number of aliphatic hydroxyl groups is 1. The Bertz CT molecular complexity index is 476. The third kappa shape index (κ3) is 4.44. The summed E-state index contributed by atoms with van der Waals surface area (Å²) >= 11 is 3.58. The number of hydrogen-bond acceptors (Lipinski definition) is 3. The zero-order valence-electron chi connectivity index (χ0n) is 13.3. The lowest BCUT2D eigenvalue weighted by Gasteiger charge is -2.39. The van der Waals surface area contributed by atoms with Crippen molar-refractivity contribution in [3.8, 4) is 0 Å². The smallest absolute Gasteiger partial charge is 0.0794 e. The van der Waals surface area contributed by atoms with Crippen LogP contribution in [0.5, 0.6) is 0 Å². The monoisotopic (exact) mass is 354 g/mol. The van der Waals surface area contributed by atoms with Gasteiger partial charge < -0.3 is 15.3 Å². The lowest BCUT2D eigenvalue weighted by molar-refractivity contribution is 0.0448. The molecule has 4 heteroatoms. The van der Waals surface area contributed by atoms with Gasteiger partial charge in [-0.05, 0) is 63.4 Å². The van der Waals surface area contributed by atoms with E-state index in [2.05, 4.69) is 58.2 Å². The second kappa shape index (κ2) is 7.12. The Morgan fingerprint density at radius 3 is 2.90 bits per heavy atom. The zero-order valence-corrected chi connectivity index (χ0v) is 14.9. The molecule has 1 fully saturated rings. The predicted molar refractivity (Wildman–Crippen MR) is 92.9 cm³/mol. The first kappa shape index (κ1) is 16.8. The number of nitrogens with one attached hydrogen (secondary N) is 1. The van der Waals surface area contributed by atoms with Crippen LogP contribution < -0.4 is 10.2 Å². The molecule has 21 heavy (non-hydrogen) atoms. The van der Waals surface area contributed by atoms with E-state index in [0.717, 1.165) is 36.8 Å². The summed E-state index contributed by atoms with van der Waals surface area (Å²) in [6, 6.07) is 6.77. The Balaban J connectivity index is 2.25. The third-order valence-electron chi connectivity index (χ3n) is 4.17. The number of rotatable bonds is 5. The van der Waals surface area contributed by atoms with Crippen LogP contribution in [0.15, 0.2) is 22.7 Å². The van der Waals surface area contributed by atoms with Crippen LogP contribution in [-0.2, 0) is 0 Å². The maximum Gasteiger partial charge on any atom is 0.0794 e. The van der Waals surface area contributed by atoms with Crippen molar-refractivity contribution in [3.63, 3.8) is 0 Å². The lowest BCUT2D eigenvalue weighted by atomic mass is 9.93. The van der Waals surface area contributed by atoms with E-state index >= 15 is 0 Å². The van der Waals surface area contributed by atoms with E-state index < -0.39 is 5.60 Å². The van der Waals surface area contributed by atoms with Gasteiger partial charge in [0.25, 0.3) is 0 Å². The molecule has 1 aromatic rings. The van der Waals surface area contributed by atoms with Gasteiger partial charge in [-0.25, -0.2) is 0 Å². The van der Waals surface area contributed by atoms with Gasteiger partial charge in [-0.15, -0.1) is 0 Å². The summed E-state index contributed by atoms with van der Waals surface area (Å²) in [6.45, 7) is 9.08. The molecular formula is C17H27BrN2O. The normalized spacial score (nSPS) is 24.1. The Labute approximate surface area is 136 Å². The number of benzene rings is 1. The molecule has 2 atom stereocenters. The molecule has 1 aromatic carbocycles. The maximum atomic E-state index is 10.4. The van der Waals surface area contributed by atoms with Crippen molar-refractivity contribution in [2.45, 2.75) is 51.7 Å². The molecule has 1 heterocycles. The minimum Gasteiger partial charge on any atom is -0.388 e. The Hall–Kier alpha value is -0.580. The molecule has 0 bridgehead atoms. The summed E-state index contributed by atoms with van der Waals surface area (Å²) in [7, 11) is 0. The second-order valence-corrected chi connectivity index (χ2v) is 7.32. The summed E-state index contributed by atoms with van der Waals surface area (Å²) < 4.78 is 1.11.